The normalized spacial score (nSPS) is 11.5. The summed E-state index contributed by atoms with van der Waals surface area (Å²) in [4.78, 5) is 0. The minimum Gasteiger partial charge on any atom is -0.326 e. The number of hydrogen-bond donors (Lipinski definition) is 2. The van der Waals surface area contributed by atoms with Crippen LogP contribution >= 0.6 is 15.8 Å². The van der Waals surface area contributed by atoms with E-state index in [4.69, 9.17) is 11.5 Å². The Balaban J connectivity index is 1.57. The van der Waals surface area contributed by atoms with E-state index in [1.165, 1.54) is 64.5 Å². The SMILES string of the molecule is NCc1cccc2c(-c3c(P(c4ccccc4)c4ccccc4)ccc4c(CN)cccc34)c(P(c3ccccc3)c3ccccc3)ccc12. The summed E-state index contributed by atoms with van der Waals surface area (Å²) in [5.74, 6) is 0. The van der Waals surface area contributed by atoms with Crippen molar-refractivity contribution in [1.29, 1.82) is 0 Å². The van der Waals surface area contributed by atoms with Gasteiger partial charge in [-0.1, -0.05) is 182 Å². The van der Waals surface area contributed by atoms with E-state index >= 15 is 0 Å². The van der Waals surface area contributed by atoms with Gasteiger partial charge in [-0.25, -0.2) is 0 Å². The molecule has 0 aliphatic carbocycles. The van der Waals surface area contributed by atoms with Crippen LogP contribution in [0.25, 0.3) is 32.7 Å². The van der Waals surface area contributed by atoms with Gasteiger partial charge in [0.25, 0.3) is 0 Å². The lowest BCUT2D eigenvalue weighted by atomic mass is 9.91. The molecule has 0 amide bonds. The number of hydrogen-bond acceptors (Lipinski definition) is 2. The van der Waals surface area contributed by atoms with Crippen LogP contribution in [0.1, 0.15) is 11.1 Å². The monoisotopic (exact) mass is 680 g/mol. The molecule has 0 saturated heterocycles. The van der Waals surface area contributed by atoms with E-state index < -0.39 is 15.8 Å². The van der Waals surface area contributed by atoms with Crippen molar-refractivity contribution in [2.24, 2.45) is 11.5 Å². The summed E-state index contributed by atoms with van der Waals surface area (Å²) in [6, 6.07) is 66.8. The molecular formula is C46H38N2P2. The Labute approximate surface area is 296 Å². The van der Waals surface area contributed by atoms with E-state index in [2.05, 4.69) is 182 Å². The van der Waals surface area contributed by atoms with Gasteiger partial charge in [0.05, 0.1) is 0 Å². The third-order valence-electron chi connectivity index (χ3n) is 9.49. The summed E-state index contributed by atoms with van der Waals surface area (Å²) in [7, 11) is -1.87. The predicted octanol–water partition coefficient (Wildman–Crippen LogP) is 8.09. The zero-order valence-electron chi connectivity index (χ0n) is 27.8. The molecule has 4 heteroatoms. The molecule has 0 fully saturated rings. The fourth-order valence-corrected chi connectivity index (χ4v) is 12.2. The molecule has 0 saturated carbocycles. The molecule has 0 heterocycles. The van der Waals surface area contributed by atoms with E-state index in [9.17, 15) is 0 Å². The van der Waals surface area contributed by atoms with Crippen LogP contribution in [0.2, 0.25) is 0 Å². The molecule has 0 aliphatic heterocycles. The van der Waals surface area contributed by atoms with E-state index in [-0.39, 0.29) is 0 Å². The van der Waals surface area contributed by atoms with Crippen LogP contribution in [0.4, 0.5) is 0 Å². The molecule has 0 aliphatic rings. The van der Waals surface area contributed by atoms with Gasteiger partial charge in [0, 0.05) is 13.1 Å². The molecule has 50 heavy (non-hydrogen) atoms. The molecule has 0 bridgehead atoms. The average Bonchev–Trinajstić information content (AvgIpc) is 3.19. The Morgan fingerprint density at radius 3 is 0.920 bits per heavy atom. The van der Waals surface area contributed by atoms with Gasteiger partial charge < -0.3 is 11.5 Å². The Morgan fingerprint density at radius 1 is 0.300 bits per heavy atom. The van der Waals surface area contributed by atoms with Crippen LogP contribution in [-0.4, -0.2) is 0 Å². The first kappa shape index (κ1) is 32.3. The van der Waals surface area contributed by atoms with Crippen LogP contribution in [0, 0.1) is 0 Å². The quantitative estimate of drug-likeness (QED) is 0.152. The molecule has 4 N–H and O–H groups in total. The summed E-state index contributed by atoms with van der Waals surface area (Å²) < 4.78 is 0. The minimum absolute atomic E-state index is 0.475. The Bertz CT molecular complexity index is 2140. The van der Waals surface area contributed by atoms with Gasteiger partial charge in [-0.15, -0.1) is 0 Å². The molecule has 242 valence electrons. The fourth-order valence-electron chi connectivity index (χ4n) is 7.24. The first-order chi connectivity index (χ1) is 24.8. The Hall–Kier alpha value is -4.94. The van der Waals surface area contributed by atoms with Crippen molar-refractivity contribution in [3.05, 3.63) is 193 Å². The molecular weight excluding hydrogens is 642 g/mol. The predicted molar refractivity (Wildman–Crippen MR) is 220 cm³/mol. The number of rotatable bonds is 9. The average molecular weight is 681 g/mol. The summed E-state index contributed by atoms with van der Waals surface area (Å²) >= 11 is 0. The van der Waals surface area contributed by atoms with Gasteiger partial charge >= 0.3 is 0 Å². The smallest absolute Gasteiger partial charge is 0.0184 e. The molecule has 0 radical (unpaired) electrons. The Kier molecular flexibility index (Phi) is 9.36. The van der Waals surface area contributed by atoms with E-state index in [1.807, 2.05) is 0 Å². The van der Waals surface area contributed by atoms with Gasteiger partial charge in [0.2, 0.25) is 0 Å². The Morgan fingerprint density at radius 2 is 0.620 bits per heavy atom. The van der Waals surface area contributed by atoms with Crippen molar-refractivity contribution in [2.75, 3.05) is 0 Å². The van der Waals surface area contributed by atoms with Gasteiger partial charge in [-0.2, -0.15) is 0 Å². The summed E-state index contributed by atoms with van der Waals surface area (Å²) in [5, 5.41) is 12.8. The molecule has 0 unspecified atom stereocenters. The van der Waals surface area contributed by atoms with E-state index in [1.54, 1.807) is 0 Å². The van der Waals surface area contributed by atoms with Crippen molar-refractivity contribution in [1.82, 2.24) is 0 Å². The van der Waals surface area contributed by atoms with Crippen molar-refractivity contribution in [3.63, 3.8) is 0 Å². The van der Waals surface area contributed by atoms with Crippen LogP contribution in [0.5, 0.6) is 0 Å². The van der Waals surface area contributed by atoms with Crippen molar-refractivity contribution >= 4 is 69.2 Å². The van der Waals surface area contributed by atoms with Crippen molar-refractivity contribution < 1.29 is 0 Å². The highest BCUT2D eigenvalue weighted by Gasteiger charge is 2.28. The highest BCUT2D eigenvalue weighted by Crippen LogP contribution is 2.46. The summed E-state index contributed by atoms with van der Waals surface area (Å²) in [6.45, 7) is 0.950. The van der Waals surface area contributed by atoms with Crippen LogP contribution in [0.15, 0.2) is 182 Å². The van der Waals surface area contributed by atoms with Crippen molar-refractivity contribution in [3.8, 4) is 11.1 Å². The summed E-state index contributed by atoms with van der Waals surface area (Å²) in [6.07, 6.45) is 0. The van der Waals surface area contributed by atoms with Gasteiger partial charge in [-0.05, 0) is 91.5 Å². The number of nitrogens with two attached hydrogens (primary N) is 2. The van der Waals surface area contributed by atoms with E-state index in [0.29, 0.717) is 13.1 Å². The molecule has 0 aromatic heterocycles. The van der Waals surface area contributed by atoms with Crippen molar-refractivity contribution in [2.45, 2.75) is 13.1 Å². The van der Waals surface area contributed by atoms with Gasteiger partial charge in [-0.3, -0.25) is 0 Å². The van der Waals surface area contributed by atoms with Crippen LogP contribution in [-0.2, 0) is 13.1 Å². The number of fused-ring (bicyclic) bond motifs is 2. The van der Waals surface area contributed by atoms with E-state index in [0.717, 1.165) is 11.1 Å². The molecule has 2 nitrogen and oxygen atoms in total. The first-order valence-corrected chi connectivity index (χ1v) is 19.8. The lowest BCUT2D eigenvalue weighted by molar-refractivity contribution is 1.09. The fraction of sp³-hybridized carbons (Fsp3) is 0.0435. The third-order valence-corrected chi connectivity index (χ3v) is 14.5. The first-order valence-electron chi connectivity index (χ1n) is 17.1. The van der Waals surface area contributed by atoms with Gasteiger partial charge in [0.1, 0.15) is 0 Å². The second-order valence-corrected chi connectivity index (χ2v) is 16.7. The second kappa shape index (κ2) is 14.5. The lowest BCUT2D eigenvalue weighted by Crippen LogP contribution is -2.26. The van der Waals surface area contributed by atoms with Crippen LogP contribution in [0.3, 0.4) is 0 Å². The highest BCUT2D eigenvalue weighted by atomic mass is 31.1. The standard InChI is InChI=1S/C46H38N2P2/c47-31-33-15-13-25-41-39(33)27-29-43(49(35-17-5-1-6-18-35)36-19-7-2-8-20-36)45(41)46-42-26-14-16-34(32-48)40(42)28-30-44(46)50(37-21-9-3-10-22-37)38-23-11-4-12-24-38/h1-30H,31-32,47-48H2. The number of benzene rings is 8. The van der Waals surface area contributed by atoms with Crippen LogP contribution < -0.4 is 43.3 Å². The maximum absolute atomic E-state index is 6.44. The summed E-state index contributed by atoms with van der Waals surface area (Å²) in [5.41, 5.74) is 17.7. The molecule has 8 aromatic carbocycles. The molecule has 0 spiro atoms. The minimum atomic E-state index is -0.933. The largest absolute Gasteiger partial charge is 0.326 e. The topological polar surface area (TPSA) is 52.0 Å². The third kappa shape index (κ3) is 5.96. The molecule has 8 aromatic rings. The molecule has 0 atom stereocenters. The van der Waals surface area contributed by atoms with Gasteiger partial charge in [0.15, 0.2) is 0 Å². The zero-order valence-corrected chi connectivity index (χ0v) is 29.6. The zero-order chi connectivity index (χ0) is 33.9. The maximum atomic E-state index is 6.44. The maximum Gasteiger partial charge on any atom is 0.0184 e. The highest BCUT2D eigenvalue weighted by molar-refractivity contribution is 7.80. The second-order valence-electron chi connectivity index (χ2n) is 12.4. The lowest BCUT2D eigenvalue weighted by Gasteiger charge is -2.29. The molecule has 8 rings (SSSR count).